The molecule has 0 atom stereocenters. The van der Waals surface area contributed by atoms with E-state index in [1.807, 2.05) is 60.6 Å². The van der Waals surface area contributed by atoms with E-state index in [0.29, 0.717) is 5.02 Å². The summed E-state index contributed by atoms with van der Waals surface area (Å²) in [6.45, 7) is 13.8. The molecule has 1 N–H and O–H groups in total. The maximum atomic E-state index is 11.5. The normalized spacial score (nSPS) is 19.1. The van der Waals surface area contributed by atoms with Crippen molar-refractivity contribution in [3.05, 3.63) is 28.8 Å². The Hall–Kier alpha value is -1.24. The summed E-state index contributed by atoms with van der Waals surface area (Å²) in [7, 11) is -0.491. The molecule has 0 unspecified atom stereocenters. The first kappa shape index (κ1) is 20.1. The Morgan fingerprint density at radius 1 is 1.20 bits per heavy atom. The highest BCUT2D eigenvalue weighted by molar-refractivity contribution is 6.62. The lowest BCUT2D eigenvalue weighted by molar-refractivity contribution is 0.00578. The second-order valence-electron chi connectivity index (χ2n) is 8.48. The molecule has 1 aliphatic rings. The lowest BCUT2D eigenvalue weighted by atomic mass is 9.79. The van der Waals surface area contributed by atoms with E-state index in [1.54, 1.807) is 6.07 Å². The van der Waals surface area contributed by atoms with Gasteiger partial charge in [0.2, 0.25) is 0 Å². The second-order valence-corrected chi connectivity index (χ2v) is 8.89. The predicted octanol–water partition coefficient (Wildman–Crippen LogP) is 3.92. The van der Waals surface area contributed by atoms with Gasteiger partial charge >= 0.3 is 13.2 Å². The van der Waals surface area contributed by atoms with Crippen molar-refractivity contribution < 1.29 is 19.2 Å². The Morgan fingerprint density at radius 2 is 1.72 bits per heavy atom. The zero-order valence-electron chi connectivity index (χ0n) is 16.0. The fraction of sp³-hybridized carbons (Fsp3) is 0.611. The molecule has 0 aromatic heterocycles. The Labute approximate surface area is 155 Å². The molecule has 1 aromatic rings. The minimum absolute atomic E-state index is 0.224. The molecule has 1 heterocycles. The molecule has 1 aliphatic heterocycles. The molecule has 138 valence electrons. The SMILES string of the molecule is CC(C)(C)N(Cc1ccc(B2OC(C)(C)C(C)(C)O2)cc1Cl)C(=O)O. The summed E-state index contributed by atoms with van der Waals surface area (Å²) >= 11 is 6.42. The van der Waals surface area contributed by atoms with Crippen molar-refractivity contribution in [3.63, 3.8) is 0 Å². The quantitative estimate of drug-likeness (QED) is 0.823. The van der Waals surface area contributed by atoms with Crippen LogP contribution in [0.15, 0.2) is 18.2 Å². The number of amides is 1. The Morgan fingerprint density at radius 3 is 2.12 bits per heavy atom. The molecule has 0 radical (unpaired) electrons. The molecule has 1 amide bonds. The maximum absolute atomic E-state index is 11.5. The fourth-order valence-corrected chi connectivity index (χ4v) is 2.83. The van der Waals surface area contributed by atoms with E-state index in [-0.39, 0.29) is 6.54 Å². The first-order valence-corrected chi connectivity index (χ1v) is 8.77. The summed E-state index contributed by atoms with van der Waals surface area (Å²) in [5, 5.41) is 9.95. The van der Waals surface area contributed by atoms with E-state index in [4.69, 9.17) is 20.9 Å². The average molecular weight is 368 g/mol. The molecule has 5 nitrogen and oxygen atoms in total. The first-order valence-electron chi connectivity index (χ1n) is 8.39. The maximum Gasteiger partial charge on any atom is 0.494 e. The third-order valence-electron chi connectivity index (χ3n) is 4.97. The van der Waals surface area contributed by atoms with Crippen LogP contribution in [-0.2, 0) is 15.9 Å². The first-order chi connectivity index (χ1) is 11.2. The number of hydrogen-bond donors (Lipinski definition) is 1. The van der Waals surface area contributed by atoms with Crippen molar-refractivity contribution >= 4 is 30.3 Å². The van der Waals surface area contributed by atoms with E-state index in [1.165, 1.54) is 4.90 Å². The summed E-state index contributed by atoms with van der Waals surface area (Å²) in [6, 6.07) is 5.51. The van der Waals surface area contributed by atoms with Gasteiger partial charge in [-0.15, -0.1) is 0 Å². The van der Waals surface area contributed by atoms with Crippen LogP contribution in [0.4, 0.5) is 4.79 Å². The highest BCUT2D eigenvalue weighted by atomic mass is 35.5. The molecule has 0 saturated carbocycles. The van der Waals surface area contributed by atoms with Crippen molar-refractivity contribution in [1.82, 2.24) is 4.90 Å². The Kier molecular flexibility index (Phi) is 5.21. The minimum atomic E-state index is -0.974. The van der Waals surface area contributed by atoms with Crippen LogP contribution in [0.1, 0.15) is 54.0 Å². The summed E-state index contributed by atoms with van der Waals surface area (Å²) in [4.78, 5) is 12.9. The number of halogens is 1. The Bertz CT molecular complexity index is 654. The van der Waals surface area contributed by atoms with E-state index in [0.717, 1.165) is 11.0 Å². The molecule has 1 saturated heterocycles. The topological polar surface area (TPSA) is 59.0 Å². The van der Waals surface area contributed by atoms with Crippen LogP contribution in [0.25, 0.3) is 0 Å². The van der Waals surface area contributed by atoms with Crippen molar-refractivity contribution in [3.8, 4) is 0 Å². The number of benzene rings is 1. The third-order valence-corrected chi connectivity index (χ3v) is 5.32. The van der Waals surface area contributed by atoms with Crippen LogP contribution >= 0.6 is 11.6 Å². The van der Waals surface area contributed by atoms with Crippen LogP contribution in [0, 0.1) is 0 Å². The van der Waals surface area contributed by atoms with Gasteiger partial charge in [0.1, 0.15) is 0 Å². The van der Waals surface area contributed by atoms with Gasteiger partial charge < -0.3 is 14.4 Å². The highest BCUT2D eigenvalue weighted by Gasteiger charge is 2.51. The molecule has 1 fully saturated rings. The predicted molar refractivity (Wildman–Crippen MR) is 100 cm³/mol. The summed E-state index contributed by atoms with van der Waals surface area (Å²) < 4.78 is 12.1. The smallest absolute Gasteiger partial charge is 0.465 e. The number of nitrogens with zero attached hydrogens (tertiary/aromatic N) is 1. The zero-order valence-corrected chi connectivity index (χ0v) is 16.8. The zero-order chi connectivity index (χ0) is 19.2. The van der Waals surface area contributed by atoms with Gasteiger partial charge in [0.15, 0.2) is 0 Å². The van der Waals surface area contributed by atoms with Gasteiger partial charge in [-0.3, -0.25) is 4.90 Å². The molecule has 0 spiro atoms. The van der Waals surface area contributed by atoms with Crippen molar-refractivity contribution in [2.45, 2.75) is 71.8 Å². The number of rotatable bonds is 3. The fourth-order valence-electron chi connectivity index (χ4n) is 2.58. The molecular weight excluding hydrogens is 340 g/mol. The summed E-state index contributed by atoms with van der Waals surface area (Å²) in [6.07, 6.45) is -0.974. The molecule has 25 heavy (non-hydrogen) atoms. The molecule has 2 rings (SSSR count). The standard InChI is InChI=1S/C18H27BClNO4/c1-16(2,3)21(15(22)23)11-12-8-9-13(10-14(12)20)19-24-17(4,5)18(6,7)25-19/h8-10H,11H2,1-7H3,(H,22,23). The number of carbonyl (C=O) groups is 1. The van der Waals surface area contributed by atoms with Gasteiger partial charge in [0.05, 0.1) is 17.7 Å². The van der Waals surface area contributed by atoms with E-state index in [9.17, 15) is 9.90 Å². The highest BCUT2D eigenvalue weighted by Crippen LogP contribution is 2.36. The lowest BCUT2D eigenvalue weighted by Crippen LogP contribution is -2.44. The lowest BCUT2D eigenvalue weighted by Gasteiger charge is -2.33. The van der Waals surface area contributed by atoms with Crippen LogP contribution in [0.2, 0.25) is 5.02 Å². The van der Waals surface area contributed by atoms with Gasteiger partial charge in [-0.25, -0.2) is 4.79 Å². The van der Waals surface area contributed by atoms with E-state index in [2.05, 4.69) is 0 Å². The number of hydrogen-bond acceptors (Lipinski definition) is 3. The van der Waals surface area contributed by atoms with Crippen LogP contribution in [0.5, 0.6) is 0 Å². The van der Waals surface area contributed by atoms with Gasteiger partial charge in [-0.2, -0.15) is 0 Å². The van der Waals surface area contributed by atoms with E-state index >= 15 is 0 Å². The van der Waals surface area contributed by atoms with Crippen LogP contribution in [0.3, 0.4) is 0 Å². The summed E-state index contributed by atoms with van der Waals surface area (Å²) in [5.41, 5.74) is 0.216. The largest absolute Gasteiger partial charge is 0.494 e. The van der Waals surface area contributed by atoms with Crippen molar-refractivity contribution in [2.24, 2.45) is 0 Å². The van der Waals surface area contributed by atoms with Gasteiger partial charge in [-0.1, -0.05) is 23.7 Å². The molecular formula is C18H27BClNO4. The van der Waals surface area contributed by atoms with Crippen LogP contribution in [-0.4, -0.2) is 40.0 Å². The average Bonchev–Trinajstić information content (AvgIpc) is 2.64. The molecule has 0 bridgehead atoms. The Balaban J connectivity index is 2.23. The second kappa shape index (κ2) is 6.49. The number of carboxylic acid groups (broad SMARTS) is 1. The van der Waals surface area contributed by atoms with Gasteiger partial charge in [0.25, 0.3) is 0 Å². The van der Waals surface area contributed by atoms with Crippen LogP contribution < -0.4 is 5.46 Å². The van der Waals surface area contributed by atoms with E-state index < -0.39 is 30.0 Å². The third kappa shape index (κ3) is 4.13. The molecule has 0 aliphatic carbocycles. The van der Waals surface area contributed by atoms with Gasteiger partial charge in [0, 0.05) is 10.6 Å². The van der Waals surface area contributed by atoms with Gasteiger partial charge in [-0.05, 0) is 65.6 Å². The minimum Gasteiger partial charge on any atom is -0.465 e. The molecule has 1 aromatic carbocycles. The van der Waals surface area contributed by atoms with Crippen molar-refractivity contribution in [2.75, 3.05) is 0 Å². The van der Waals surface area contributed by atoms with Crippen molar-refractivity contribution in [1.29, 1.82) is 0 Å². The monoisotopic (exact) mass is 367 g/mol. The summed E-state index contributed by atoms with van der Waals surface area (Å²) in [5.74, 6) is 0. The molecule has 7 heteroatoms.